The molecule has 0 radical (unpaired) electrons. The highest BCUT2D eigenvalue weighted by Gasteiger charge is 2.19. The van der Waals surface area contributed by atoms with Crippen LogP contribution >= 0.6 is 0 Å². The number of nitrogen functional groups attached to an aromatic ring is 1. The van der Waals surface area contributed by atoms with Gasteiger partial charge in [-0.05, 0) is 38.7 Å². The Balaban J connectivity index is 2.31. The number of nitrogens with two attached hydrogens (primary N) is 1. The summed E-state index contributed by atoms with van der Waals surface area (Å²) in [5, 5.41) is 0. The van der Waals surface area contributed by atoms with Gasteiger partial charge in [-0.15, -0.1) is 0 Å². The normalized spacial score (nSPS) is 12.1. The maximum Gasteiger partial charge on any atom is 0.132 e. The minimum atomic E-state index is -0.0487. The van der Waals surface area contributed by atoms with E-state index in [1.807, 2.05) is 10.9 Å². The fourth-order valence-corrected chi connectivity index (χ4v) is 2.38. The van der Waals surface area contributed by atoms with Gasteiger partial charge in [-0.1, -0.05) is 38.1 Å². The molecule has 0 unspecified atom stereocenters. The molecule has 0 aliphatic heterocycles. The molecule has 0 saturated carbocycles. The first-order chi connectivity index (χ1) is 9.29. The van der Waals surface area contributed by atoms with E-state index in [4.69, 9.17) is 5.73 Å². The summed E-state index contributed by atoms with van der Waals surface area (Å²) in [6, 6.07) is 8.57. The van der Waals surface area contributed by atoms with E-state index in [2.05, 4.69) is 63.9 Å². The Morgan fingerprint density at radius 2 is 1.75 bits per heavy atom. The van der Waals surface area contributed by atoms with Crippen molar-refractivity contribution < 1.29 is 0 Å². The lowest BCUT2D eigenvalue weighted by molar-refractivity contribution is 0.402. The second-order valence-corrected chi connectivity index (χ2v) is 6.81. The monoisotopic (exact) mass is 271 g/mol. The fourth-order valence-electron chi connectivity index (χ4n) is 2.38. The third-order valence-corrected chi connectivity index (χ3v) is 3.40. The van der Waals surface area contributed by atoms with Crippen LogP contribution in [0.3, 0.4) is 0 Å². The molecule has 0 saturated heterocycles. The summed E-state index contributed by atoms with van der Waals surface area (Å²) in [6.45, 7) is 10.8. The van der Waals surface area contributed by atoms with Crippen LogP contribution in [0.4, 0.5) is 5.82 Å². The van der Waals surface area contributed by atoms with Gasteiger partial charge in [-0.25, -0.2) is 4.98 Å². The minimum absolute atomic E-state index is 0.0487. The Kier molecular flexibility index (Phi) is 3.89. The van der Waals surface area contributed by atoms with Crippen LogP contribution in [-0.2, 0) is 12.0 Å². The molecule has 3 heteroatoms. The van der Waals surface area contributed by atoms with Crippen molar-refractivity contribution in [1.29, 1.82) is 0 Å². The molecule has 3 nitrogen and oxygen atoms in total. The molecular formula is C17H25N3. The number of aromatic nitrogens is 2. The number of imidazole rings is 1. The number of benzene rings is 1. The molecule has 0 aliphatic carbocycles. The number of hydrogen-bond acceptors (Lipinski definition) is 2. The van der Waals surface area contributed by atoms with Gasteiger partial charge in [-0.3, -0.25) is 0 Å². The zero-order valence-corrected chi connectivity index (χ0v) is 13.1. The summed E-state index contributed by atoms with van der Waals surface area (Å²) >= 11 is 0. The molecule has 0 bridgehead atoms. The Morgan fingerprint density at radius 1 is 1.15 bits per heavy atom. The van der Waals surface area contributed by atoms with Crippen LogP contribution in [0.5, 0.6) is 0 Å². The molecule has 0 aliphatic rings. The minimum Gasteiger partial charge on any atom is -0.383 e. The molecule has 0 fully saturated rings. The average molecular weight is 271 g/mol. The summed E-state index contributed by atoms with van der Waals surface area (Å²) in [5.41, 5.74) is 9.50. The van der Waals surface area contributed by atoms with Crippen molar-refractivity contribution in [2.45, 2.75) is 46.6 Å². The maximum atomic E-state index is 6.24. The summed E-state index contributed by atoms with van der Waals surface area (Å²) < 4.78 is 2.02. The Bertz CT molecular complexity index is 571. The smallest absolute Gasteiger partial charge is 0.132 e. The SMILES string of the molecule is CC(C)Cc1ccc(-c2ncn(C(C)(C)C)c2N)cc1. The zero-order valence-electron chi connectivity index (χ0n) is 13.1. The molecule has 2 rings (SSSR count). The van der Waals surface area contributed by atoms with E-state index < -0.39 is 0 Å². The number of nitrogens with zero attached hydrogens (tertiary/aromatic N) is 2. The molecule has 1 aromatic carbocycles. The molecule has 20 heavy (non-hydrogen) atoms. The zero-order chi connectivity index (χ0) is 14.9. The molecule has 0 amide bonds. The molecule has 108 valence electrons. The predicted octanol–water partition coefficient (Wildman–Crippen LogP) is 4.09. The molecule has 1 heterocycles. The molecule has 2 aromatic rings. The van der Waals surface area contributed by atoms with Gasteiger partial charge in [0, 0.05) is 11.1 Å². The van der Waals surface area contributed by atoms with Crippen molar-refractivity contribution in [2.24, 2.45) is 5.92 Å². The highest BCUT2D eigenvalue weighted by Crippen LogP contribution is 2.29. The lowest BCUT2D eigenvalue weighted by Crippen LogP contribution is -2.22. The molecule has 0 spiro atoms. The van der Waals surface area contributed by atoms with Crippen molar-refractivity contribution in [2.75, 3.05) is 5.73 Å². The largest absolute Gasteiger partial charge is 0.383 e. The van der Waals surface area contributed by atoms with Gasteiger partial charge in [-0.2, -0.15) is 0 Å². The summed E-state index contributed by atoms with van der Waals surface area (Å²) in [7, 11) is 0. The van der Waals surface area contributed by atoms with Gasteiger partial charge in [0.1, 0.15) is 11.5 Å². The first kappa shape index (κ1) is 14.6. The van der Waals surface area contributed by atoms with Crippen LogP contribution in [0.25, 0.3) is 11.3 Å². The van der Waals surface area contributed by atoms with E-state index in [-0.39, 0.29) is 5.54 Å². The second kappa shape index (κ2) is 5.31. The van der Waals surface area contributed by atoms with E-state index in [0.717, 1.165) is 23.5 Å². The van der Waals surface area contributed by atoms with Crippen molar-refractivity contribution in [3.63, 3.8) is 0 Å². The fraction of sp³-hybridized carbons (Fsp3) is 0.471. The van der Waals surface area contributed by atoms with Gasteiger partial charge < -0.3 is 10.3 Å². The number of anilines is 1. The molecular weight excluding hydrogens is 246 g/mol. The third kappa shape index (κ3) is 3.03. The first-order valence-corrected chi connectivity index (χ1v) is 7.21. The van der Waals surface area contributed by atoms with Crippen LogP contribution in [0.1, 0.15) is 40.2 Å². The Labute approximate surface area is 121 Å². The second-order valence-electron chi connectivity index (χ2n) is 6.81. The average Bonchev–Trinajstić information content (AvgIpc) is 2.71. The van der Waals surface area contributed by atoms with E-state index >= 15 is 0 Å². The van der Waals surface area contributed by atoms with Crippen molar-refractivity contribution in [1.82, 2.24) is 9.55 Å². The number of rotatable bonds is 3. The van der Waals surface area contributed by atoms with Crippen LogP contribution < -0.4 is 5.73 Å². The topological polar surface area (TPSA) is 43.8 Å². The Hall–Kier alpha value is -1.77. The Morgan fingerprint density at radius 3 is 2.20 bits per heavy atom. The van der Waals surface area contributed by atoms with Crippen LogP contribution in [0, 0.1) is 5.92 Å². The summed E-state index contributed by atoms with van der Waals surface area (Å²) in [4.78, 5) is 4.48. The lowest BCUT2D eigenvalue weighted by Gasteiger charge is -2.22. The summed E-state index contributed by atoms with van der Waals surface area (Å²) in [6.07, 6.45) is 2.93. The van der Waals surface area contributed by atoms with Crippen LogP contribution in [-0.4, -0.2) is 9.55 Å². The third-order valence-electron chi connectivity index (χ3n) is 3.40. The van der Waals surface area contributed by atoms with Crippen molar-refractivity contribution in [3.8, 4) is 11.3 Å². The van der Waals surface area contributed by atoms with Crippen molar-refractivity contribution in [3.05, 3.63) is 36.2 Å². The quantitative estimate of drug-likeness (QED) is 0.914. The molecule has 2 N–H and O–H groups in total. The van der Waals surface area contributed by atoms with Gasteiger partial charge in [0.2, 0.25) is 0 Å². The maximum absolute atomic E-state index is 6.24. The highest BCUT2D eigenvalue weighted by atomic mass is 15.2. The highest BCUT2D eigenvalue weighted by molar-refractivity contribution is 5.70. The van der Waals surface area contributed by atoms with E-state index in [1.165, 1.54) is 5.56 Å². The van der Waals surface area contributed by atoms with E-state index in [0.29, 0.717) is 5.92 Å². The predicted molar refractivity (Wildman–Crippen MR) is 85.6 cm³/mol. The van der Waals surface area contributed by atoms with Crippen LogP contribution in [0.15, 0.2) is 30.6 Å². The van der Waals surface area contributed by atoms with Gasteiger partial charge >= 0.3 is 0 Å². The number of hydrogen-bond donors (Lipinski definition) is 1. The van der Waals surface area contributed by atoms with E-state index in [1.54, 1.807) is 0 Å². The van der Waals surface area contributed by atoms with Gasteiger partial charge in [0.05, 0.1) is 6.33 Å². The molecule has 1 aromatic heterocycles. The van der Waals surface area contributed by atoms with Gasteiger partial charge in [0.15, 0.2) is 0 Å². The standard InChI is InChI=1S/C17H25N3/c1-12(2)10-13-6-8-14(9-7-13)15-16(18)20(11-19-15)17(3,4)5/h6-9,11-12H,10,18H2,1-5H3. The lowest BCUT2D eigenvalue weighted by atomic mass is 10.0. The molecule has 0 atom stereocenters. The van der Waals surface area contributed by atoms with Crippen molar-refractivity contribution >= 4 is 5.82 Å². The summed E-state index contributed by atoms with van der Waals surface area (Å²) in [5.74, 6) is 1.40. The first-order valence-electron chi connectivity index (χ1n) is 7.21. The van der Waals surface area contributed by atoms with E-state index in [9.17, 15) is 0 Å². The van der Waals surface area contributed by atoms with Gasteiger partial charge in [0.25, 0.3) is 0 Å². The van der Waals surface area contributed by atoms with Crippen LogP contribution in [0.2, 0.25) is 0 Å².